The van der Waals surface area contributed by atoms with Gasteiger partial charge in [-0.15, -0.1) is 0 Å². The van der Waals surface area contributed by atoms with Crippen LogP contribution in [0.2, 0.25) is 0 Å². The van der Waals surface area contributed by atoms with Gasteiger partial charge >= 0.3 is 0 Å². The van der Waals surface area contributed by atoms with E-state index in [0.29, 0.717) is 32.2 Å². The van der Waals surface area contributed by atoms with Gasteiger partial charge in [0, 0.05) is 30.4 Å². The van der Waals surface area contributed by atoms with Crippen molar-refractivity contribution in [2.24, 2.45) is 5.41 Å². The van der Waals surface area contributed by atoms with E-state index >= 15 is 0 Å². The van der Waals surface area contributed by atoms with Gasteiger partial charge in [-0.25, -0.2) is 8.42 Å². The number of amides is 1. The molecular weight excluding hydrogens is 364 g/mol. The van der Waals surface area contributed by atoms with Crippen LogP contribution in [-0.2, 0) is 25.8 Å². The predicted molar refractivity (Wildman–Crippen MR) is 105 cm³/mol. The summed E-state index contributed by atoms with van der Waals surface area (Å²) in [5, 5.41) is 0. The number of Topliss-reactive ketones (excluding diaryl/α,β-unsaturated/α-hetero) is 1. The molecule has 1 atom stereocenters. The first-order valence-electron chi connectivity index (χ1n) is 9.61. The Morgan fingerprint density at radius 2 is 2.07 bits per heavy atom. The summed E-state index contributed by atoms with van der Waals surface area (Å²) in [4.78, 5) is 30.6. The summed E-state index contributed by atoms with van der Waals surface area (Å²) in [6.07, 6.45) is 6.55. The quantitative estimate of drug-likeness (QED) is 0.601. The first kappa shape index (κ1) is 21.5. The first-order chi connectivity index (χ1) is 12.7. The third-order valence-electron chi connectivity index (χ3n) is 5.42. The van der Waals surface area contributed by atoms with E-state index in [1.807, 2.05) is 19.1 Å². The number of carbonyl (C=O) groups is 2. The Labute approximate surface area is 162 Å². The lowest BCUT2D eigenvalue weighted by molar-refractivity contribution is -0.149. The molecule has 0 radical (unpaired) electrons. The highest BCUT2D eigenvalue weighted by atomic mass is 32.2. The van der Waals surface area contributed by atoms with Crippen LogP contribution >= 0.6 is 0 Å². The van der Waals surface area contributed by atoms with Crippen LogP contribution in [-0.4, -0.2) is 54.1 Å². The molecule has 2 heterocycles. The number of carbonyl (C=O) groups excluding carboxylic acids is 2. The van der Waals surface area contributed by atoms with Crippen molar-refractivity contribution in [2.45, 2.75) is 58.9 Å². The SMILES string of the molecule is CCC(C)(C)C(=O)C(=O)N1CCC[C@H]1CS(=O)(=O)CCCc1cccnc1. The topological polar surface area (TPSA) is 84.4 Å². The van der Waals surface area contributed by atoms with E-state index in [-0.39, 0.29) is 11.5 Å². The maximum absolute atomic E-state index is 12.6. The molecule has 27 heavy (non-hydrogen) atoms. The van der Waals surface area contributed by atoms with E-state index < -0.39 is 33.0 Å². The van der Waals surface area contributed by atoms with Crippen LogP contribution in [0.3, 0.4) is 0 Å². The van der Waals surface area contributed by atoms with Gasteiger partial charge < -0.3 is 4.90 Å². The van der Waals surface area contributed by atoms with Gasteiger partial charge in [0.15, 0.2) is 9.84 Å². The summed E-state index contributed by atoms with van der Waals surface area (Å²) in [6, 6.07) is 3.37. The Bertz CT molecular complexity index is 759. The molecule has 150 valence electrons. The van der Waals surface area contributed by atoms with E-state index in [2.05, 4.69) is 4.98 Å². The van der Waals surface area contributed by atoms with Crippen LogP contribution in [0.15, 0.2) is 24.5 Å². The maximum Gasteiger partial charge on any atom is 0.290 e. The van der Waals surface area contributed by atoms with Crippen LogP contribution in [0, 0.1) is 5.41 Å². The van der Waals surface area contributed by atoms with Crippen LogP contribution in [0.5, 0.6) is 0 Å². The van der Waals surface area contributed by atoms with Gasteiger partial charge in [-0.1, -0.05) is 26.8 Å². The zero-order valence-electron chi connectivity index (χ0n) is 16.5. The highest BCUT2D eigenvalue weighted by Crippen LogP contribution is 2.26. The monoisotopic (exact) mass is 394 g/mol. The molecule has 6 nitrogen and oxygen atoms in total. The van der Waals surface area contributed by atoms with Gasteiger partial charge in [-0.3, -0.25) is 14.6 Å². The van der Waals surface area contributed by atoms with Crippen molar-refractivity contribution in [3.8, 4) is 0 Å². The minimum atomic E-state index is -3.29. The lowest BCUT2D eigenvalue weighted by Gasteiger charge is -2.28. The maximum atomic E-state index is 12.6. The van der Waals surface area contributed by atoms with Gasteiger partial charge in [-0.2, -0.15) is 0 Å². The minimum absolute atomic E-state index is 0.0639. The molecule has 0 unspecified atom stereocenters. The van der Waals surface area contributed by atoms with Crippen LogP contribution in [0.4, 0.5) is 0 Å². The van der Waals surface area contributed by atoms with E-state index in [1.165, 1.54) is 4.90 Å². The van der Waals surface area contributed by atoms with Crippen LogP contribution in [0.25, 0.3) is 0 Å². The van der Waals surface area contributed by atoms with E-state index in [4.69, 9.17) is 0 Å². The number of sulfone groups is 1. The Kier molecular flexibility index (Phi) is 7.14. The largest absolute Gasteiger partial charge is 0.332 e. The van der Waals surface area contributed by atoms with Crippen molar-refractivity contribution in [2.75, 3.05) is 18.1 Å². The molecule has 0 aliphatic carbocycles. The molecule has 0 N–H and O–H groups in total. The van der Waals surface area contributed by atoms with Crippen molar-refractivity contribution in [3.05, 3.63) is 30.1 Å². The fourth-order valence-corrected chi connectivity index (χ4v) is 4.96. The number of pyridine rings is 1. The average Bonchev–Trinajstić information content (AvgIpc) is 3.08. The zero-order valence-corrected chi connectivity index (χ0v) is 17.3. The number of hydrogen-bond donors (Lipinski definition) is 0. The second kappa shape index (κ2) is 8.95. The van der Waals surface area contributed by atoms with E-state index in [0.717, 1.165) is 12.0 Å². The zero-order chi connectivity index (χ0) is 20.1. The fraction of sp³-hybridized carbons (Fsp3) is 0.650. The molecule has 1 amide bonds. The molecule has 1 aromatic heterocycles. The molecule has 0 spiro atoms. The van der Waals surface area contributed by atoms with Crippen molar-refractivity contribution in [1.29, 1.82) is 0 Å². The van der Waals surface area contributed by atoms with E-state index in [9.17, 15) is 18.0 Å². The summed E-state index contributed by atoms with van der Waals surface area (Å²) >= 11 is 0. The van der Waals surface area contributed by atoms with Gasteiger partial charge in [0.1, 0.15) is 0 Å². The molecular formula is C20H30N2O4S. The minimum Gasteiger partial charge on any atom is -0.332 e. The molecule has 2 rings (SSSR count). The molecule has 1 aliphatic heterocycles. The fourth-order valence-electron chi connectivity index (χ4n) is 3.28. The number of aromatic nitrogens is 1. The number of rotatable bonds is 9. The molecule has 7 heteroatoms. The molecule has 0 bridgehead atoms. The highest BCUT2D eigenvalue weighted by Gasteiger charge is 2.39. The molecule has 0 saturated carbocycles. The average molecular weight is 395 g/mol. The van der Waals surface area contributed by atoms with Crippen molar-refractivity contribution < 1.29 is 18.0 Å². The molecule has 1 saturated heterocycles. The number of ketones is 1. The Hall–Kier alpha value is -1.76. The molecule has 1 fully saturated rings. The highest BCUT2D eigenvalue weighted by molar-refractivity contribution is 7.91. The lowest BCUT2D eigenvalue weighted by Crippen LogP contribution is -2.47. The Morgan fingerprint density at radius 1 is 1.33 bits per heavy atom. The second-order valence-electron chi connectivity index (χ2n) is 7.94. The van der Waals surface area contributed by atoms with Gasteiger partial charge in [0.05, 0.1) is 11.5 Å². The third kappa shape index (κ3) is 5.86. The standard InChI is InChI=1S/C20H30N2O4S/c1-4-20(2,3)18(23)19(24)22-12-6-10-17(22)15-27(25,26)13-7-9-16-8-5-11-21-14-16/h5,8,11,14,17H,4,6-7,9-10,12-13,15H2,1-3H3/t17-/m0/s1. The van der Waals surface area contributed by atoms with Crippen molar-refractivity contribution in [3.63, 3.8) is 0 Å². The summed E-state index contributed by atoms with van der Waals surface area (Å²) in [5.41, 5.74) is 0.296. The summed E-state index contributed by atoms with van der Waals surface area (Å²) in [7, 11) is -3.29. The van der Waals surface area contributed by atoms with Crippen LogP contribution in [0.1, 0.15) is 52.0 Å². The molecule has 1 aromatic rings. The predicted octanol–water partition coefficient (Wildman–Crippen LogP) is 2.43. The number of hydrogen-bond acceptors (Lipinski definition) is 5. The van der Waals surface area contributed by atoms with Crippen molar-refractivity contribution >= 4 is 21.5 Å². The van der Waals surface area contributed by atoms with Gasteiger partial charge in [0.25, 0.3) is 5.91 Å². The summed E-state index contributed by atoms with van der Waals surface area (Å²) in [6.45, 7) is 5.85. The Balaban J connectivity index is 1.94. The lowest BCUT2D eigenvalue weighted by atomic mass is 9.84. The third-order valence-corrected chi connectivity index (χ3v) is 7.22. The van der Waals surface area contributed by atoms with Crippen LogP contribution < -0.4 is 0 Å². The first-order valence-corrected chi connectivity index (χ1v) is 11.4. The Morgan fingerprint density at radius 3 is 2.70 bits per heavy atom. The summed E-state index contributed by atoms with van der Waals surface area (Å²) in [5.74, 6) is -0.943. The number of aryl methyl sites for hydroxylation is 1. The summed E-state index contributed by atoms with van der Waals surface area (Å²) < 4.78 is 25.1. The molecule has 0 aromatic carbocycles. The van der Waals surface area contributed by atoms with Gasteiger partial charge in [-0.05, 0) is 43.7 Å². The van der Waals surface area contributed by atoms with Crippen molar-refractivity contribution in [1.82, 2.24) is 9.88 Å². The smallest absolute Gasteiger partial charge is 0.290 e. The normalized spacial score (nSPS) is 17.9. The number of nitrogens with zero attached hydrogens (tertiary/aromatic N) is 2. The number of likely N-dealkylation sites (tertiary alicyclic amines) is 1. The second-order valence-corrected chi connectivity index (χ2v) is 10.2. The molecule has 1 aliphatic rings. The van der Waals surface area contributed by atoms with Gasteiger partial charge in [0.2, 0.25) is 5.78 Å². The van der Waals surface area contributed by atoms with E-state index in [1.54, 1.807) is 26.2 Å².